The molecule has 142 valence electrons. The smallest absolute Gasteiger partial charge is 0.297 e. The molecule has 2 atom stereocenters. The summed E-state index contributed by atoms with van der Waals surface area (Å²) < 4.78 is 7.10. The minimum absolute atomic E-state index is 0.164. The van der Waals surface area contributed by atoms with Gasteiger partial charge in [0.05, 0.1) is 6.10 Å². The molecule has 3 heteroatoms. The third kappa shape index (κ3) is 4.72. The Bertz CT molecular complexity index is 584. The van der Waals surface area contributed by atoms with E-state index in [9.17, 15) is 0 Å². The van der Waals surface area contributed by atoms with Gasteiger partial charge in [0, 0.05) is 8.07 Å². The molecule has 2 fully saturated rings. The molecule has 0 aromatic heterocycles. The highest BCUT2D eigenvalue weighted by molar-refractivity contribution is 6.88. The van der Waals surface area contributed by atoms with Crippen LogP contribution in [-0.2, 0) is 4.65 Å². The van der Waals surface area contributed by atoms with Crippen LogP contribution in [0.4, 0.5) is 0 Å². The summed E-state index contributed by atoms with van der Waals surface area (Å²) in [4.78, 5) is 0. The third-order valence-electron chi connectivity index (χ3n) is 6.65. The third-order valence-corrected chi connectivity index (χ3v) is 9.45. The molecule has 0 N–H and O–H groups in total. The molecular weight excluding hydrogens is 331 g/mol. The average Bonchev–Trinajstić information content (AvgIpc) is 2.82. The van der Waals surface area contributed by atoms with Crippen LogP contribution in [0.2, 0.25) is 30.9 Å². The predicted octanol–water partition coefficient (Wildman–Crippen LogP) is 7.30. The maximum absolute atomic E-state index is 7.10. The van der Waals surface area contributed by atoms with Gasteiger partial charge in [0.1, 0.15) is 0 Å². The molecule has 2 aliphatic heterocycles. The van der Waals surface area contributed by atoms with E-state index in [-0.39, 0.29) is 6.10 Å². The minimum atomic E-state index is -1.29. The van der Waals surface area contributed by atoms with Gasteiger partial charge in [0.15, 0.2) is 0 Å². The van der Waals surface area contributed by atoms with Crippen LogP contribution in [0.15, 0.2) is 42.5 Å². The van der Waals surface area contributed by atoms with Crippen molar-refractivity contribution in [3.63, 3.8) is 0 Å². The summed E-state index contributed by atoms with van der Waals surface area (Å²) in [5, 5.41) is 0. The molecule has 1 nitrogen and oxygen atoms in total. The molecule has 1 aromatic carbocycles. The van der Waals surface area contributed by atoms with E-state index in [0.717, 1.165) is 23.6 Å². The summed E-state index contributed by atoms with van der Waals surface area (Å²) in [6, 6.07) is 10.9. The van der Waals surface area contributed by atoms with Crippen molar-refractivity contribution in [3.05, 3.63) is 48.0 Å². The fourth-order valence-corrected chi connectivity index (χ4v) is 8.72. The van der Waals surface area contributed by atoms with E-state index in [0.29, 0.717) is 6.92 Å². The van der Waals surface area contributed by atoms with Crippen LogP contribution in [0.3, 0.4) is 0 Å². The molecule has 2 aliphatic rings. The van der Waals surface area contributed by atoms with Crippen molar-refractivity contribution in [2.24, 2.45) is 5.92 Å². The van der Waals surface area contributed by atoms with E-state index >= 15 is 0 Å². The van der Waals surface area contributed by atoms with Gasteiger partial charge in [-0.15, -0.1) is 6.58 Å². The maximum Gasteiger partial charge on any atom is 0.297 e. The molecule has 2 heterocycles. The van der Waals surface area contributed by atoms with Crippen molar-refractivity contribution in [1.29, 1.82) is 0 Å². The Labute approximate surface area is 162 Å². The molecule has 0 saturated carbocycles. The molecule has 0 amide bonds. The topological polar surface area (TPSA) is 9.23 Å². The Morgan fingerprint density at radius 1 is 1.12 bits per heavy atom. The van der Waals surface area contributed by atoms with Crippen LogP contribution >= 0.6 is 0 Å². The SMILES string of the molecule is C=C(C)C[C@@H](OB1C2CCCC(CCC2)[C@H]1[Si](C)(C)C)c1ccccc1. The first-order valence-corrected chi connectivity index (χ1v) is 14.3. The summed E-state index contributed by atoms with van der Waals surface area (Å²) in [7, 11) is -1.29. The second kappa shape index (κ2) is 8.48. The fourth-order valence-electron chi connectivity index (χ4n) is 5.64. The van der Waals surface area contributed by atoms with Gasteiger partial charge in [-0.1, -0.05) is 94.1 Å². The number of benzene rings is 1. The number of hydrogen-bond donors (Lipinski definition) is 0. The molecule has 0 aliphatic carbocycles. The summed E-state index contributed by atoms with van der Waals surface area (Å²) in [5.74, 6) is 1.65. The zero-order valence-electron chi connectivity index (χ0n) is 17.3. The van der Waals surface area contributed by atoms with E-state index in [4.69, 9.17) is 4.65 Å². The second-order valence-electron chi connectivity index (χ2n) is 9.94. The normalized spacial score (nSPS) is 27.7. The van der Waals surface area contributed by atoms with E-state index in [2.05, 4.69) is 63.5 Å². The molecule has 0 radical (unpaired) electrons. The van der Waals surface area contributed by atoms with E-state index < -0.39 is 8.07 Å². The summed E-state index contributed by atoms with van der Waals surface area (Å²) in [5.41, 5.74) is 3.34. The standard InChI is InChI=1S/C23H37BOSi/c1-18(2)17-22(19-11-7-6-8-12-19)25-24-21-15-9-13-20(14-10-16-21)23(24)26(3,4)5/h6-8,11-12,20-23H,1,9-10,13-17H2,2-5H3/t20?,21?,22-,23-/m1/s1. The quantitative estimate of drug-likeness (QED) is 0.378. The Morgan fingerprint density at radius 3 is 2.27 bits per heavy atom. The van der Waals surface area contributed by atoms with Crippen LogP contribution in [0.25, 0.3) is 0 Å². The number of fused-ring (bicyclic) bond motifs is 3. The lowest BCUT2D eigenvalue weighted by molar-refractivity contribution is 0.196. The van der Waals surface area contributed by atoms with Crippen molar-refractivity contribution >= 4 is 15.0 Å². The molecule has 2 saturated heterocycles. The van der Waals surface area contributed by atoms with Gasteiger partial charge in [-0.05, 0) is 36.1 Å². The lowest BCUT2D eigenvalue weighted by atomic mass is 9.50. The van der Waals surface area contributed by atoms with Crippen LogP contribution in [-0.4, -0.2) is 15.0 Å². The first-order chi connectivity index (χ1) is 12.4. The predicted molar refractivity (Wildman–Crippen MR) is 117 cm³/mol. The molecule has 0 spiro atoms. The summed E-state index contributed by atoms with van der Waals surface area (Å²) >= 11 is 0. The maximum atomic E-state index is 7.10. The Hall–Kier alpha value is -0.798. The van der Waals surface area contributed by atoms with Crippen LogP contribution in [0, 0.1) is 5.92 Å². The highest BCUT2D eigenvalue weighted by atomic mass is 28.3. The molecular formula is C23H37BOSi. The first-order valence-electron chi connectivity index (χ1n) is 10.7. The molecule has 2 bridgehead atoms. The zero-order valence-corrected chi connectivity index (χ0v) is 18.3. The monoisotopic (exact) mass is 368 g/mol. The van der Waals surface area contributed by atoms with Gasteiger partial charge in [-0.2, -0.15) is 0 Å². The molecule has 1 aromatic rings. The average molecular weight is 368 g/mol. The van der Waals surface area contributed by atoms with Gasteiger partial charge in [-0.3, -0.25) is 0 Å². The summed E-state index contributed by atoms with van der Waals surface area (Å²) in [6.07, 6.45) is 9.53. The van der Waals surface area contributed by atoms with Crippen LogP contribution < -0.4 is 0 Å². The van der Waals surface area contributed by atoms with Gasteiger partial charge >= 0.3 is 0 Å². The van der Waals surface area contributed by atoms with Crippen LogP contribution in [0.5, 0.6) is 0 Å². The fraction of sp³-hybridized carbons (Fsp3) is 0.652. The van der Waals surface area contributed by atoms with Gasteiger partial charge in [0.2, 0.25) is 0 Å². The lowest BCUT2D eigenvalue weighted by Crippen LogP contribution is -2.45. The van der Waals surface area contributed by atoms with Crippen molar-refractivity contribution in [2.45, 2.75) is 88.9 Å². The summed E-state index contributed by atoms with van der Waals surface area (Å²) in [6.45, 7) is 14.5. The second-order valence-corrected chi connectivity index (χ2v) is 15.3. The van der Waals surface area contributed by atoms with E-state index in [1.807, 2.05) is 0 Å². The molecule has 26 heavy (non-hydrogen) atoms. The van der Waals surface area contributed by atoms with Gasteiger partial charge in [-0.25, -0.2) is 0 Å². The Morgan fingerprint density at radius 2 is 1.73 bits per heavy atom. The number of hydrogen-bond acceptors (Lipinski definition) is 1. The van der Waals surface area contributed by atoms with Crippen LogP contribution in [0.1, 0.15) is 63.5 Å². The highest BCUT2D eigenvalue weighted by Crippen LogP contribution is 2.51. The van der Waals surface area contributed by atoms with E-state index in [1.54, 1.807) is 0 Å². The van der Waals surface area contributed by atoms with Crippen molar-refractivity contribution < 1.29 is 4.65 Å². The molecule has 0 unspecified atom stereocenters. The highest BCUT2D eigenvalue weighted by Gasteiger charge is 2.49. The van der Waals surface area contributed by atoms with Gasteiger partial charge < -0.3 is 4.65 Å². The van der Waals surface area contributed by atoms with Crippen molar-refractivity contribution in [1.82, 2.24) is 0 Å². The van der Waals surface area contributed by atoms with Gasteiger partial charge in [0.25, 0.3) is 6.92 Å². The lowest BCUT2D eigenvalue weighted by Gasteiger charge is -2.40. The minimum Gasteiger partial charge on any atom is -0.429 e. The van der Waals surface area contributed by atoms with Crippen molar-refractivity contribution in [2.75, 3.05) is 0 Å². The van der Waals surface area contributed by atoms with E-state index in [1.165, 1.54) is 49.7 Å². The zero-order chi connectivity index (χ0) is 18.7. The Kier molecular flexibility index (Phi) is 6.50. The number of rotatable bonds is 6. The Balaban J connectivity index is 1.92. The molecule has 3 rings (SSSR count). The largest absolute Gasteiger partial charge is 0.429 e. The first kappa shape index (κ1) is 19.9. The van der Waals surface area contributed by atoms with Crippen molar-refractivity contribution in [3.8, 4) is 0 Å².